The average Bonchev–Trinajstić information content (AvgIpc) is 2.29. The molecule has 2 atom stereocenters. The Kier molecular flexibility index (Phi) is 5.50. The summed E-state index contributed by atoms with van der Waals surface area (Å²) in [5.41, 5.74) is 0. The molecule has 0 aromatic carbocycles. The summed E-state index contributed by atoms with van der Waals surface area (Å²) >= 11 is 0. The Morgan fingerprint density at radius 1 is 1.25 bits per heavy atom. The third-order valence-electron chi connectivity index (χ3n) is 3.44. The second-order valence-corrected chi connectivity index (χ2v) is 4.59. The number of esters is 1. The normalized spacial score (nSPS) is 25.1. The van der Waals surface area contributed by atoms with Gasteiger partial charge in [0.15, 0.2) is 0 Å². The first-order chi connectivity index (χ1) is 7.67. The second kappa shape index (κ2) is 6.66. The third kappa shape index (κ3) is 3.95. The summed E-state index contributed by atoms with van der Waals surface area (Å²) in [6, 6.07) is 0. The van der Waals surface area contributed by atoms with E-state index in [1.165, 1.54) is 6.42 Å². The number of Topliss-reactive ketones (excluding diaryl/α,β-unsaturated/α-hetero) is 1. The molecule has 1 rings (SSSR count). The highest BCUT2D eigenvalue weighted by atomic mass is 16.5. The molecule has 0 N–H and O–H groups in total. The maximum absolute atomic E-state index is 11.8. The quantitative estimate of drug-likeness (QED) is 0.534. The molecule has 0 aromatic heterocycles. The van der Waals surface area contributed by atoms with Crippen LogP contribution in [0.2, 0.25) is 0 Å². The average molecular weight is 226 g/mol. The highest BCUT2D eigenvalue weighted by Gasteiger charge is 2.27. The molecule has 16 heavy (non-hydrogen) atoms. The van der Waals surface area contributed by atoms with E-state index in [2.05, 4.69) is 6.92 Å². The zero-order valence-corrected chi connectivity index (χ0v) is 10.3. The summed E-state index contributed by atoms with van der Waals surface area (Å²) in [5, 5.41) is 0. The number of carbonyl (C=O) groups excluding carboxylic acids is 2. The van der Waals surface area contributed by atoms with Crippen LogP contribution in [0, 0.1) is 11.8 Å². The highest BCUT2D eigenvalue weighted by Crippen LogP contribution is 2.32. The number of rotatable bonds is 5. The van der Waals surface area contributed by atoms with Crippen molar-refractivity contribution in [2.24, 2.45) is 11.8 Å². The van der Waals surface area contributed by atoms with Crippen molar-refractivity contribution in [3.05, 3.63) is 0 Å². The molecule has 92 valence electrons. The van der Waals surface area contributed by atoms with E-state index < -0.39 is 0 Å². The molecule has 0 radical (unpaired) electrons. The predicted molar refractivity (Wildman–Crippen MR) is 62.0 cm³/mol. The molecule has 0 aliphatic heterocycles. The molecule has 0 spiro atoms. The maximum atomic E-state index is 11.8. The van der Waals surface area contributed by atoms with Gasteiger partial charge in [-0.15, -0.1) is 0 Å². The summed E-state index contributed by atoms with van der Waals surface area (Å²) in [5.74, 6) is 0.482. The first kappa shape index (κ1) is 13.2. The van der Waals surface area contributed by atoms with E-state index in [9.17, 15) is 9.59 Å². The van der Waals surface area contributed by atoms with Crippen molar-refractivity contribution in [1.82, 2.24) is 0 Å². The summed E-state index contributed by atoms with van der Waals surface area (Å²) < 4.78 is 4.80. The van der Waals surface area contributed by atoms with E-state index in [0.717, 1.165) is 25.7 Å². The van der Waals surface area contributed by atoms with Crippen LogP contribution in [0.15, 0.2) is 0 Å². The van der Waals surface area contributed by atoms with Crippen LogP contribution in [-0.4, -0.2) is 18.4 Å². The van der Waals surface area contributed by atoms with Crippen LogP contribution < -0.4 is 0 Å². The van der Waals surface area contributed by atoms with Gasteiger partial charge in [0.05, 0.1) is 6.61 Å². The number of ketones is 1. The number of hydrogen-bond acceptors (Lipinski definition) is 3. The Balaban J connectivity index is 2.38. The summed E-state index contributed by atoms with van der Waals surface area (Å²) in [4.78, 5) is 23.0. The number of hydrogen-bond donors (Lipinski definition) is 0. The Morgan fingerprint density at radius 2 is 2.00 bits per heavy atom. The first-order valence-electron chi connectivity index (χ1n) is 6.35. The van der Waals surface area contributed by atoms with E-state index >= 15 is 0 Å². The number of ether oxygens (including phenoxy) is 1. The molecule has 1 aliphatic carbocycles. The van der Waals surface area contributed by atoms with Gasteiger partial charge in [-0.1, -0.05) is 26.2 Å². The van der Waals surface area contributed by atoms with Crippen molar-refractivity contribution in [2.45, 2.75) is 52.4 Å². The fourth-order valence-corrected chi connectivity index (χ4v) is 2.45. The zero-order valence-electron chi connectivity index (χ0n) is 10.3. The fraction of sp³-hybridized carbons (Fsp3) is 0.846. The fourth-order valence-electron chi connectivity index (χ4n) is 2.45. The van der Waals surface area contributed by atoms with Gasteiger partial charge < -0.3 is 4.74 Å². The molecule has 3 heteroatoms. The van der Waals surface area contributed by atoms with Gasteiger partial charge in [-0.3, -0.25) is 9.59 Å². The van der Waals surface area contributed by atoms with Crippen LogP contribution in [0.4, 0.5) is 0 Å². The second-order valence-electron chi connectivity index (χ2n) is 4.59. The molecular formula is C13H22O3. The minimum atomic E-state index is -0.369. The summed E-state index contributed by atoms with van der Waals surface area (Å²) in [7, 11) is 0. The van der Waals surface area contributed by atoms with Crippen molar-refractivity contribution in [2.75, 3.05) is 6.61 Å². The first-order valence-corrected chi connectivity index (χ1v) is 6.35. The van der Waals surface area contributed by atoms with E-state index in [4.69, 9.17) is 4.74 Å². The highest BCUT2D eigenvalue weighted by molar-refractivity contribution is 5.96. The zero-order chi connectivity index (χ0) is 12.0. The van der Waals surface area contributed by atoms with E-state index in [-0.39, 0.29) is 24.1 Å². The van der Waals surface area contributed by atoms with Crippen LogP contribution in [-0.2, 0) is 14.3 Å². The lowest BCUT2D eigenvalue weighted by Crippen LogP contribution is -2.25. The van der Waals surface area contributed by atoms with Gasteiger partial charge >= 0.3 is 5.97 Å². The van der Waals surface area contributed by atoms with Crippen LogP contribution in [0.5, 0.6) is 0 Å². The molecule has 2 unspecified atom stereocenters. The molecule has 1 saturated carbocycles. The summed E-state index contributed by atoms with van der Waals surface area (Å²) in [6.07, 6.45) is 5.39. The van der Waals surface area contributed by atoms with Crippen molar-refractivity contribution < 1.29 is 14.3 Å². The van der Waals surface area contributed by atoms with Gasteiger partial charge in [-0.25, -0.2) is 0 Å². The molecule has 0 aromatic rings. The third-order valence-corrected chi connectivity index (χ3v) is 3.44. The smallest absolute Gasteiger partial charge is 0.313 e. The number of carbonyl (C=O) groups is 2. The Hall–Kier alpha value is -0.860. The minimum absolute atomic E-state index is 0.0328. The monoisotopic (exact) mass is 226 g/mol. The van der Waals surface area contributed by atoms with E-state index in [1.54, 1.807) is 6.92 Å². The molecular weight excluding hydrogens is 204 g/mol. The van der Waals surface area contributed by atoms with Gasteiger partial charge in [0, 0.05) is 5.92 Å². The largest absolute Gasteiger partial charge is 0.466 e. The van der Waals surface area contributed by atoms with Gasteiger partial charge in [0.25, 0.3) is 0 Å². The molecule has 0 amide bonds. The molecule has 0 bridgehead atoms. The SMILES string of the molecule is CCOC(=O)CC(=O)C1CCCC(CC)C1. The lowest BCUT2D eigenvalue weighted by molar-refractivity contribution is -0.146. The minimum Gasteiger partial charge on any atom is -0.466 e. The molecule has 1 aliphatic rings. The molecule has 0 heterocycles. The van der Waals surface area contributed by atoms with Crippen LogP contribution in [0.25, 0.3) is 0 Å². The van der Waals surface area contributed by atoms with Crippen molar-refractivity contribution in [1.29, 1.82) is 0 Å². The van der Waals surface area contributed by atoms with E-state index in [0.29, 0.717) is 12.5 Å². The van der Waals surface area contributed by atoms with Gasteiger partial charge in [-0.2, -0.15) is 0 Å². The van der Waals surface area contributed by atoms with Crippen LogP contribution in [0.1, 0.15) is 52.4 Å². The molecule has 1 fully saturated rings. The van der Waals surface area contributed by atoms with E-state index in [1.807, 2.05) is 0 Å². The van der Waals surface area contributed by atoms with Crippen molar-refractivity contribution >= 4 is 11.8 Å². The van der Waals surface area contributed by atoms with Crippen LogP contribution >= 0.6 is 0 Å². The van der Waals surface area contributed by atoms with Gasteiger partial charge in [0.2, 0.25) is 0 Å². The Morgan fingerprint density at radius 3 is 2.62 bits per heavy atom. The predicted octanol–water partition coefficient (Wildman–Crippen LogP) is 2.73. The topological polar surface area (TPSA) is 43.4 Å². The maximum Gasteiger partial charge on any atom is 0.313 e. The van der Waals surface area contributed by atoms with Crippen molar-refractivity contribution in [3.63, 3.8) is 0 Å². The van der Waals surface area contributed by atoms with Crippen molar-refractivity contribution in [3.8, 4) is 0 Å². The lowest BCUT2D eigenvalue weighted by atomic mass is 9.78. The Bertz CT molecular complexity index is 248. The van der Waals surface area contributed by atoms with Crippen LogP contribution in [0.3, 0.4) is 0 Å². The summed E-state index contributed by atoms with van der Waals surface area (Å²) in [6.45, 7) is 4.29. The van der Waals surface area contributed by atoms with Gasteiger partial charge in [0.1, 0.15) is 12.2 Å². The van der Waals surface area contributed by atoms with Gasteiger partial charge in [-0.05, 0) is 25.7 Å². The molecule has 0 saturated heterocycles. The lowest BCUT2D eigenvalue weighted by Gasteiger charge is -2.27. The standard InChI is InChI=1S/C13H22O3/c1-3-10-6-5-7-11(8-10)12(14)9-13(15)16-4-2/h10-11H,3-9H2,1-2H3. The Labute approximate surface area is 97.5 Å². The molecule has 3 nitrogen and oxygen atoms in total.